The van der Waals surface area contributed by atoms with Crippen LogP contribution >= 0.6 is 0 Å². The van der Waals surface area contributed by atoms with Crippen LogP contribution in [-0.2, 0) is 20.8 Å². The van der Waals surface area contributed by atoms with Gasteiger partial charge in [0.2, 0.25) is 5.91 Å². The van der Waals surface area contributed by atoms with Crippen molar-refractivity contribution in [1.82, 2.24) is 5.32 Å². The van der Waals surface area contributed by atoms with Gasteiger partial charge in [-0.25, -0.2) is 0 Å². The summed E-state index contributed by atoms with van der Waals surface area (Å²) >= 11 is 0. The number of nitrogens with zero attached hydrogens (tertiary/aromatic N) is 1. The molecule has 0 unspecified atom stereocenters. The first kappa shape index (κ1) is 19.9. The van der Waals surface area contributed by atoms with E-state index in [1.165, 1.54) is 4.90 Å². The van der Waals surface area contributed by atoms with Crippen molar-refractivity contribution in [3.8, 4) is 0 Å². The minimum atomic E-state index is -1.12. The summed E-state index contributed by atoms with van der Waals surface area (Å²) in [6.07, 6.45) is 2.68. The average molecular weight is 363 g/mol. The molecule has 0 saturated carbocycles. The number of rotatable bonds is 9. The number of hydrogen-bond acceptors (Lipinski definition) is 5. The SMILES string of the molecule is NCCCC[C@H](N[C@H]1CCc2ccccc2N(CC(=O)O)C1=O)C(=O)O. The molecule has 8 heteroatoms. The van der Waals surface area contributed by atoms with Crippen LogP contribution in [0.25, 0.3) is 0 Å². The minimum Gasteiger partial charge on any atom is -0.480 e. The van der Waals surface area contributed by atoms with Crippen molar-refractivity contribution in [2.45, 2.75) is 44.2 Å². The second-order valence-electron chi connectivity index (χ2n) is 6.38. The maximum absolute atomic E-state index is 12.9. The number of fused-ring (bicyclic) bond motifs is 1. The van der Waals surface area contributed by atoms with Gasteiger partial charge in [-0.15, -0.1) is 0 Å². The second kappa shape index (κ2) is 9.30. The normalized spacial score (nSPS) is 18.1. The molecule has 0 radical (unpaired) electrons. The highest BCUT2D eigenvalue weighted by Gasteiger charge is 2.33. The van der Waals surface area contributed by atoms with Crippen molar-refractivity contribution >= 4 is 23.5 Å². The van der Waals surface area contributed by atoms with Gasteiger partial charge in [-0.1, -0.05) is 24.6 Å². The number of benzene rings is 1. The Balaban J connectivity index is 2.20. The summed E-state index contributed by atoms with van der Waals surface area (Å²) in [7, 11) is 0. The number of carbonyl (C=O) groups excluding carboxylic acids is 1. The van der Waals surface area contributed by atoms with Crippen molar-refractivity contribution in [1.29, 1.82) is 0 Å². The van der Waals surface area contributed by atoms with Gasteiger partial charge in [-0.3, -0.25) is 24.6 Å². The van der Waals surface area contributed by atoms with E-state index in [-0.39, 0.29) is 0 Å². The molecular weight excluding hydrogens is 338 g/mol. The van der Waals surface area contributed by atoms with Gasteiger partial charge in [0.15, 0.2) is 0 Å². The van der Waals surface area contributed by atoms with Crippen molar-refractivity contribution in [2.75, 3.05) is 18.0 Å². The number of carboxylic acid groups (broad SMARTS) is 2. The van der Waals surface area contributed by atoms with Crippen LogP contribution in [0, 0.1) is 0 Å². The highest BCUT2D eigenvalue weighted by Crippen LogP contribution is 2.27. The summed E-state index contributed by atoms with van der Waals surface area (Å²) in [5.74, 6) is -2.56. The number of carbonyl (C=O) groups is 3. The number of para-hydroxylation sites is 1. The second-order valence-corrected chi connectivity index (χ2v) is 6.38. The molecule has 26 heavy (non-hydrogen) atoms. The van der Waals surface area contributed by atoms with E-state index in [0.29, 0.717) is 44.3 Å². The van der Waals surface area contributed by atoms with Gasteiger partial charge in [0.25, 0.3) is 0 Å². The summed E-state index contributed by atoms with van der Waals surface area (Å²) in [5.41, 5.74) is 6.89. The Kier molecular flexibility index (Phi) is 7.11. The van der Waals surface area contributed by atoms with E-state index in [2.05, 4.69) is 5.32 Å². The zero-order valence-electron chi connectivity index (χ0n) is 14.6. The van der Waals surface area contributed by atoms with Gasteiger partial charge in [0.1, 0.15) is 12.6 Å². The first-order valence-corrected chi connectivity index (χ1v) is 8.74. The van der Waals surface area contributed by atoms with Gasteiger partial charge in [0.05, 0.1) is 6.04 Å². The molecule has 1 aliphatic rings. The molecule has 2 rings (SSSR count). The van der Waals surface area contributed by atoms with Gasteiger partial charge in [0, 0.05) is 5.69 Å². The monoisotopic (exact) mass is 363 g/mol. The van der Waals surface area contributed by atoms with Gasteiger partial charge >= 0.3 is 11.9 Å². The van der Waals surface area contributed by atoms with Crippen LogP contribution < -0.4 is 16.0 Å². The van der Waals surface area contributed by atoms with Gasteiger partial charge in [-0.05, 0) is 43.9 Å². The fraction of sp³-hybridized carbons (Fsp3) is 0.500. The first-order valence-electron chi connectivity index (χ1n) is 8.74. The molecule has 0 aliphatic carbocycles. The van der Waals surface area contributed by atoms with E-state index in [0.717, 1.165) is 5.56 Å². The molecule has 5 N–H and O–H groups in total. The smallest absolute Gasteiger partial charge is 0.323 e. The Morgan fingerprint density at radius 3 is 2.65 bits per heavy atom. The maximum Gasteiger partial charge on any atom is 0.323 e. The van der Waals surface area contributed by atoms with Crippen molar-refractivity contribution in [2.24, 2.45) is 5.73 Å². The van der Waals surface area contributed by atoms with Crippen molar-refractivity contribution < 1.29 is 24.6 Å². The minimum absolute atomic E-state index is 0.363. The van der Waals surface area contributed by atoms with Crippen LogP contribution in [0.3, 0.4) is 0 Å². The Bertz CT molecular complexity index is 664. The molecule has 8 nitrogen and oxygen atoms in total. The standard InChI is InChI=1S/C18H25N3O5/c19-10-4-3-6-14(18(25)26)20-13-9-8-12-5-1-2-7-15(12)21(17(13)24)11-16(22)23/h1-2,5,7,13-14,20H,3-4,6,8-11,19H2,(H,22,23)(H,25,26)/t13-,14-/m0/s1. The first-order chi connectivity index (χ1) is 12.4. The van der Waals surface area contributed by atoms with Gasteiger partial charge < -0.3 is 15.9 Å². The van der Waals surface area contributed by atoms with E-state index in [4.69, 9.17) is 5.73 Å². The lowest BCUT2D eigenvalue weighted by atomic mass is 10.0. The summed E-state index contributed by atoms with van der Waals surface area (Å²) in [4.78, 5) is 36.9. The summed E-state index contributed by atoms with van der Waals surface area (Å²) in [6, 6.07) is 5.54. The third-order valence-electron chi connectivity index (χ3n) is 4.49. The number of amides is 1. The van der Waals surface area contributed by atoms with E-state index >= 15 is 0 Å². The molecule has 1 heterocycles. The molecule has 1 aromatic carbocycles. The highest BCUT2D eigenvalue weighted by molar-refractivity contribution is 6.02. The van der Waals surface area contributed by atoms with E-state index in [9.17, 15) is 24.6 Å². The van der Waals surface area contributed by atoms with Gasteiger partial charge in [-0.2, -0.15) is 0 Å². The fourth-order valence-electron chi connectivity index (χ4n) is 3.18. The van der Waals surface area contributed by atoms with Crippen LogP contribution in [0.4, 0.5) is 5.69 Å². The molecule has 1 amide bonds. The van der Waals surface area contributed by atoms with Crippen LogP contribution in [0.5, 0.6) is 0 Å². The highest BCUT2D eigenvalue weighted by atomic mass is 16.4. The Morgan fingerprint density at radius 2 is 2.00 bits per heavy atom. The molecule has 0 aromatic heterocycles. The number of carboxylic acids is 2. The largest absolute Gasteiger partial charge is 0.480 e. The fourth-order valence-corrected chi connectivity index (χ4v) is 3.18. The number of unbranched alkanes of at least 4 members (excludes halogenated alkanes) is 1. The number of nitrogens with two attached hydrogens (primary N) is 1. The third-order valence-corrected chi connectivity index (χ3v) is 4.49. The van der Waals surface area contributed by atoms with Crippen molar-refractivity contribution in [3.05, 3.63) is 29.8 Å². The molecular formula is C18H25N3O5. The third kappa shape index (κ3) is 5.03. The zero-order chi connectivity index (χ0) is 19.1. The van der Waals surface area contributed by atoms with Crippen LogP contribution in [0.2, 0.25) is 0 Å². The van der Waals surface area contributed by atoms with Crippen LogP contribution in [0.15, 0.2) is 24.3 Å². The summed E-state index contributed by atoms with van der Waals surface area (Å²) in [6.45, 7) is 0.0232. The quantitative estimate of drug-likeness (QED) is 0.472. The van der Waals surface area contributed by atoms with Crippen LogP contribution in [0.1, 0.15) is 31.2 Å². The molecule has 1 aliphatic heterocycles. The number of anilines is 1. The zero-order valence-corrected chi connectivity index (χ0v) is 14.6. The Labute approximate surface area is 152 Å². The molecule has 2 atom stereocenters. The lowest BCUT2D eigenvalue weighted by Gasteiger charge is -2.26. The van der Waals surface area contributed by atoms with E-state index in [1.54, 1.807) is 12.1 Å². The Morgan fingerprint density at radius 1 is 1.27 bits per heavy atom. The van der Waals surface area contributed by atoms with E-state index in [1.807, 2.05) is 12.1 Å². The predicted octanol–water partition coefficient (Wildman–Crippen LogP) is 0.591. The average Bonchev–Trinajstić information content (AvgIpc) is 2.72. The topological polar surface area (TPSA) is 133 Å². The lowest BCUT2D eigenvalue weighted by molar-refractivity contribution is -0.140. The number of aliphatic carboxylic acids is 2. The molecule has 0 saturated heterocycles. The summed E-state index contributed by atoms with van der Waals surface area (Å²) in [5, 5.41) is 21.5. The molecule has 0 fully saturated rings. The summed E-state index contributed by atoms with van der Waals surface area (Å²) < 4.78 is 0. The van der Waals surface area contributed by atoms with Crippen LogP contribution in [-0.4, -0.2) is 53.2 Å². The molecule has 1 aromatic rings. The number of aryl methyl sites for hydroxylation is 1. The maximum atomic E-state index is 12.9. The van der Waals surface area contributed by atoms with E-state index < -0.39 is 36.5 Å². The lowest BCUT2D eigenvalue weighted by Crippen LogP contribution is -2.52. The number of nitrogens with one attached hydrogen (secondary N) is 1. The molecule has 0 spiro atoms. The Hall–Kier alpha value is -2.45. The predicted molar refractivity (Wildman–Crippen MR) is 96.0 cm³/mol. The van der Waals surface area contributed by atoms with Crippen molar-refractivity contribution in [3.63, 3.8) is 0 Å². The number of hydrogen-bond donors (Lipinski definition) is 4. The molecule has 142 valence electrons. The molecule has 0 bridgehead atoms.